The SMILES string of the molecule is Clc1nc(-c2nccs2)nc2c1CSC2. The molecule has 0 saturated heterocycles. The molecule has 0 amide bonds. The summed E-state index contributed by atoms with van der Waals surface area (Å²) in [6, 6.07) is 0. The van der Waals surface area contributed by atoms with Gasteiger partial charge in [-0.25, -0.2) is 15.0 Å². The number of hydrogen-bond acceptors (Lipinski definition) is 5. The third kappa shape index (κ3) is 1.64. The van der Waals surface area contributed by atoms with E-state index >= 15 is 0 Å². The van der Waals surface area contributed by atoms with Crippen molar-refractivity contribution in [3.05, 3.63) is 28.0 Å². The van der Waals surface area contributed by atoms with Gasteiger partial charge in [0.25, 0.3) is 0 Å². The standard InChI is InChI=1S/C9H6ClN3S2/c10-7-5-3-14-4-6(5)12-8(13-7)9-11-1-2-15-9/h1-2H,3-4H2. The third-order valence-corrected chi connectivity index (χ3v) is 4.20. The van der Waals surface area contributed by atoms with Crippen LogP contribution in [0.3, 0.4) is 0 Å². The highest BCUT2D eigenvalue weighted by atomic mass is 35.5. The summed E-state index contributed by atoms with van der Waals surface area (Å²) in [5.41, 5.74) is 2.15. The predicted molar refractivity (Wildman–Crippen MR) is 63.1 cm³/mol. The van der Waals surface area contributed by atoms with Crippen LogP contribution in [-0.4, -0.2) is 15.0 Å². The summed E-state index contributed by atoms with van der Waals surface area (Å²) in [6.07, 6.45) is 1.75. The molecule has 0 aliphatic carbocycles. The topological polar surface area (TPSA) is 38.7 Å². The molecule has 0 unspecified atom stereocenters. The number of thiazole rings is 1. The van der Waals surface area contributed by atoms with Gasteiger partial charge in [0.15, 0.2) is 10.8 Å². The molecule has 1 aliphatic heterocycles. The maximum absolute atomic E-state index is 6.10. The van der Waals surface area contributed by atoms with Gasteiger partial charge >= 0.3 is 0 Å². The second kappa shape index (κ2) is 3.73. The molecule has 6 heteroatoms. The highest BCUT2D eigenvalue weighted by Crippen LogP contribution is 2.34. The highest BCUT2D eigenvalue weighted by Gasteiger charge is 2.19. The molecule has 0 spiro atoms. The Morgan fingerprint density at radius 1 is 1.27 bits per heavy atom. The first-order valence-corrected chi connectivity index (χ1v) is 6.79. The van der Waals surface area contributed by atoms with Gasteiger partial charge in [0, 0.05) is 28.6 Å². The summed E-state index contributed by atoms with van der Waals surface area (Å²) in [6.45, 7) is 0. The molecule has 15 heavy (non-hydrogen) atoms. The fourth-order valence-electron chi connectivity index (χ4n) is 1.44. The lowest BCUT2D eigenvalue weighted by molar-refractivity contribution is 1.07. The predicted octanol–water partition coefficient (Wildman–Crippen LogP) is 3.00. The van der Waals surface area contributed by atoms with Crippen molar-refractivity contribution < 1.29 is 0 Å². The van der Waals surface area contributed by atoms with Gasteiger partial charge in [-0.1, -0.05) is 11.6 Å². The maximum Gasteiger partial charge on any atom is 0.190 e. The molecule has 0 fully saturated rings. The van der Waals surface area contributed by atoms with E-state index in [1.54, 1.807) is 6.20 Å². The minimum atomic E-state index is 0.579. The number of hydrogen-bond donors (Lipinski definition) is 0. The largest absolute Gasteiger partial charge is 0.241 e. The molecule has 3 nitrogen and oxygen atoms in total. The Morgan fingerprint density at radius 2 is 2.20 bits per heavy atom. The van der Waals surface area contributed by atoms with Gasteiger partial charge in [0.1, 0.15) is 5.15 Å². The van der Waals surface area contributed by atoms with Crippen LogP contribution in [0.25, 0.3) is 10.8 Å². The molecule has 0 saturated carbocycles. The van der Waals surface area contributed by atoms with Crippen LogP contribution in [0.15, 0.2) is 11.6 Å². The molecule has 0 N–H and O–H groups in total. The van der Waals surface area contributed by atoms with Crippen LogP contribution >= 0.6 is 34.7 Å². The minimum absolute atomic E-state index is 0.579. The van der Waals surface area contributed by atoms with Crippen LogP contribution in [0, 0.1) is 0 Å². The van der Waals surface area contributed by atoms with Crippen LogP contribution in [0.2, 0.25) is 5.15 Å². The third-order valence-electron chi connectivity index (χ3n) is 2.15. The van der Waals surface area contributed by atoms with Crippen molar-refractivity contribution in [1.82, 2.24) is 15.0 Å². The van der Waals surface area contributed by atoms with E-state index in [-0.39, 0.29) is 0 Å². The summed E-state index contributed by atoms with van der Waals surface area (Å²) in [4.78, 5) is 12.9. The summed E-state index contributed by atoms with van der Waals surface area (Å²) in [5.74, 6) is 2.50. The van der Waals surface area contributed by atoms with Gasteiger partial charge in [-0.15, -0.1) is 11.3 Å². The Labute approximate surface area is 99.9 Å². The molecule has 2 aromatic heterocycles. The monoisotopic (exact) mass is 255 g/mol. The quantitative estimate of drug-likeness (QED) is 0.735. The van der Waals surface area contributed by atoms with E-state index < -0.39 is 0 Å². The van der Waals surface area contributed by atoms with Crippen molar-refractivity contribution in [3.8, 4) is 10.8 Å². The molecule has 0 radical (unpaired) electrons. The summed E-state index contributed by atoms with van der Waals surface area (Å²) in [7, 11) is 0. The van der Waals surface area contributed by atoms with E-state index in [4.69, 9.17) is 11.6 Å². The second-order valence-electron chi connectivity index (χ2n) is 3.09. The molecule has 1 aliphatic rings. The lowest BCUT2D eigenvalue weighted by Gasteiger charge is -2.02. The first kappa shape index (κ1) is 9.57. The van der Waals surface area contributed by atoms with Gasteiger partial charge in [-0.3, -0.25) is 0 Å². The number of fused-ring (bicyclic) bond motifs is 1. The summed E-state index contributed by atoms with van der Waals surface area (Å²) >= 11 is 9.45. The van der Waals surface area contributed by atoms with Crippen molar-refractivity contribution in [2.45, 2.75) is 11.5 Å². The summed E-state index contributed by atoms with van der Waals surface area (Å²) in [5, 5.41) is 3.32. The van der Waals surface area contributed by atoms with Crippen molar-refractivity contribution >= 4 is 34.7 Å². The molecule has 0 bridgehead atoms. The molecule has 2 aromatic rings. The lowest BCUT2D eigenvalue weighted by atomic mass is 10.3. The van der Waals surface area contributed by atoms with Crippen LogP contribution < -0.4 is 0 Å². The molecule has 0 aromatic carbocycles. The van der Waals surface area contributed by atoms with Gasteiger partial charge in [0.05, 0.1) is 5.69 Å². The Balaban J connectivity index is 2.15. The number of thioether (sulfide) groups is 1. The zero-order chi connectivity index (χ0) is 10.3. The first-order chi connectivity index (χ1) is 7.34. The van der Waals surface area contributed by atoms with Crippen LogP contribution in [0.1, 0.15) is 11.3 Å². The molecule has 3 rings (SSSR count). The molecular weight excluding hydrogens is 250 g/mol. The van der Waals surface area contributed by atoms with Crippen molar-refractivity contribution in [2.75, 3.05) is 0 Å². The first-order valence-electron chi connectivity index (χ1n) is 4.37. The average molecular weight is 256 g/mol. The molecule has 3 heterocycles. The number of aromatic nitrogens is 3. The van der Waals surface area contributed by atoms with Crippen molar-refractivity contribution in [2.24, 2.45) is 0 Å². The number of nitrogens with zero attached hydrogens (tertiary/aromatic N) is 3. The number of halogens is 1. The maximum atomic E-state index is 6.10. The summed E-state index contributed by atoms with van der Waals surface area (Å²) < 4.78 is 0. The van der Waals surface area contributed by atoms with Crippen molar-refractivity contribution in [1.29, 1.82) is 0 Å². The number of rotatable bonds is 1. The normalized spacial score (nSPS) is 14.2. The van der Waals surface area contributed by atoms with E-state index in [1.165, 1.54) is 11.3 Å². The Kier molecular flexibility index (Phi) is 2.38. The van der Waals surface area contributed by atoms with E-state index in [2.05, 4.69) is 15.0 Å². The Hall–Kier alpha value is -0.650. The average Bonchev–Trinajstić information content (AvgIpc) is 2.88. The molecular formula is C9H6ClN3S2. The fraction of sp³-hybridized carbons (Fsp3) is 0.222. The van der Waals surface area contributed by atoms with Gasteiger partial charge in [0.2, 0.25) is 0 Å². The fourth-order valence-corrected chi connectivity index (χ4v) is 3.39. The zero-order valence-corrected chi connectivity index (χ0v) is 9.99. The second-order valence-corrected chi connectivity index (χ2v) is 5.33. The van der Waals surface area contributed by atoms with Gasteiger partial charge in [-0.2, -0.15) is 11.8 Å². The zero-order valence-electron chi connectivity index (χ0n) is 7.61. The van der Waals surface area contributed by atoms with Crippen LogP contribution in [0.4, 0.5) is 0 Å². The Bertz CT molecular complexity index is 498. The Morgan fingerprint density at radius 3 is 3.00 bits per heavy atom. The lowest BCUT2D eigenvalue weighted by Crippen LogP contribution is -1.96. The smallest absolute Gasteiger partial charge is 0.190 e. The van der Waals surface area contributed by atoms with E-state index in [0.717, 1.165) is 27.8 Å². The van der Waals surface area contributed by atoms with E-state index in [1.807, 2.05) is 17.1 Å². The van der Waals surface area contributed by atoms with E-state index in [9.17, 15) is 0 Å². The van der Waals surface area contributed by atoms with Crippen LogP contribution in [-0.2, 0) is 11.5 Å². The van der Waals surface area contributed by atoms with Crippen molar-refractivity contribution in [3.63, 3.8) is 0 Å². The highest BCUT2D eigenvalue weighted by molar-refractivity contribution is 7.98. The molecule has 0 atom stereocenters. The van der Waals surface area contributed by atoms with Crippen LogP contribution in [0.5, 0.6) is 0 Å². The van der Waals surface area contributed by atoms with E-state index in [0.29, 0.717) is 11.0 Å². The molecule has 76 valence electrons. The minimum Gasteiger partial charge on any atom is -0.241 e. The van der Waals surface area contributed by atoms with Gasteiger partial charge in [-0.05, 0) is 0 Å². The van der Waals surface area contributed by atoms with Gasteiger partial charge < -0.3 is 0 Å².